The molecule has 0 bridgehead atoms. The fourth-order valence-electron chi connectivity index (χ4n) is 11.4. The highest BCUT2D eigenvalue weighted by atomic mass is 35.5. The third-order valence-corrected chi connectivity index (χ3v) is 15.7. The predicted molar refractivity (Wildman–Crippen MR) is 265 cm³/mol. The first-order valence-corrected chi connectivity index (χ1v) is 25.5. The lowest BCUT2D eigenvalue weighted by Crippen LogP contribution is -2.48. The van der Waals surface area contributed by atoms with E-state index in [0.29, 0.717) is 53.2 Å². The van der Waals surface area contributed by atoms with Crippen LogP contribution >= 0.6 is 11.6 Å². The predicted octanol–water partition coefficient (Wildman–Crippen LogP) is 7.96. The molecule has 4 fully saturated rings. The first kappa shape index (κ1) is 46.0. The first-order chi connectivity index (χ1) is 34.2. The molecule has 0 radical (unpaired) electrons. The summed E-state index contributed by atoms with van der Waals surface area (Å²) < 4.78 is 16.2. The minimum atomic E-state index is -0.204. The standard InChI is InChI=1S/C53H59ClN12O4/c1-34(67)64-24-17-50-46(33-64)52(61-66(50)41-18-25-69-26-19-41)44-4-2-3-35-27-49(56-31-45(35)44)37-30-57-65(32-37)40-15-20-62(21-16-40)39-13-22-63(23-14-39)51-12-11-48(59-60-51)53(68)58-38-6-9-42(10-7-38)70-43-8-5-36(29-55)47(54)28-43/h2-5,8,11-12,27-28,30-32,38-42H,6-7,9-10,13-26,33H2,1H3,(H,58,68). The number of benzene rings is 2. The average Bonchev–Trinajstić information content (AvgIpc) is 4.06. The van der Waals surface area contributed by atoms with E-state index in [2.05, 4.69) is 71.2 Å². The minimum Gasteiger partial charge on any atom is -0.490 e. The van der Waals surface area contributed by atoms with E-state index in [4.69, 9.17) is 41.5 Å². The van der Waals surface area contributed by atoms with Crippen LogP contribution in [-0.4, -0.2) is 120 Å². The van der Waals surface area contributed by atoms with Crippen LogP contribution in [0.3, 0.4) is 0 Å². The molecule has 4 aromatic heterocycles. The van der Waals surface area contributed by atoms with Crippen molar-refractivity contribution in [3.05, 3.63) is 101 Å². The van der Waals surface area contributed by atoms with Gasteiger partial charge in [0.1, 0.15) is 11.8 Å². The second-order valence-corrected chi connectivity index (χ2v) is 20.0. The van der Waals surface area contributed by atoms with Crippen molar-refractivity contribution < 1.29 is 19.1 Å². The maximum absolute atomic E-state index is 13.1. The third-order valence-electron chi connectivity index (χ3n) is 15.4. The van der Waals surface area contributed by atoms with Crippen LogP contribution in [-0.2, 0) is 22.5 Å². The third kappa shape index (κ3) is 9.58. The Bertz CT molecular complexity index is 2900. The summed E-state index contributed by atoms with van der Waals surface area (Å²) in [6.07, 6.45) is 16.2. The van der Waals surface area contributed by atoms with E-state index >= 15 is 0 Å². The molecule has 0 spiro atoms. The van der Waals surface area contributed by atoms with Crippen LogP contribution in [0.1, 0.15) is 111 Å². The Balaban J connectivity index is 0.660. The van der Waals surface area contributed by atoms with E-state index in [1.165, 1.54) is 5.69 Å². The number of rotatable bonds is 10. The van der Waals surface area contributed by atoms with Crippen LogP contribution in [0, 0.1) is 11.3 Å². The Labute approximate surface area is 412 Å². The number of nitriles is 1. The normalized spacial score (nSPS) is 20.8. The minimum absolute atomic E-state index is 0.0301. The number of aromatic nitrogens is 7. The van der Waals surface area contributed by atoms with Crippen LogP contribution in [0.25, 0.3) is 33.3 Å². The molecular weight excluding hydrogens is 904 g/mol. The largest absolute Gasteiger partial charge is 0.490 e. The van der Waals surface area contributed by atoms with Gasteiger partial charge in [0.15, 0.2) is 11.5 Å². The Morgan fingerprint density at radius 2 is 1.66 bits per heavy atom. The van der Waals surface area contributed by atoms with E-state index in [9.17, 15) is 9.59 Å². The van der Waals surface area contributed by atoms with Gasteiger partial charge in [-0.05, 0) is 99.9 Å². The van der Waals surface area contributed by atoms with Crippen LogP contribution < -0.4 is 15.0 Å². The highest BCUT2D eigenvalue weighted by Gasteiger charge is 2.33. The zero-order chi connectivity index (χ0) is 47.7. The second kappa shape index (κ2) is 20.1. The molecule has 3 saturated heterocycles. The molecule has 8 heterocycles. The monoisotopic (exact) mass is 962 g/mol. The summed E-state index contributed by atoms with van der Waals surface area (Å²) in [6, 6.07) is 20.7. The molecule has 4 aliphatic heterocycles. The molecule has 16 nitrogen and oxygen atoms in total. The van der Waals surface area contributed by atoms with Gasteiger partial charge in [-0.1, -0.05) is 29.8 Å². The van der Waals surface area contributed by atoms with Gasteiger partial charge in [0.05, 0.1) is 46.4 Å². The lowest BCUT2D eigenvalue weighted by atomic mass is 9.93. The van der Waals surface area contributed by atoms with E-state index in [-0.39, 0.29) is 24.0 Å². The van der Waals surface area contributed by atoms with E-state index in [0.717, 1.165) is 155 Å². The molecule has 362 valence electrons. The van der Waals surface area contributed by atoms with Crippen molar-refractivity contribution in [1.29, 1.82) is 5.26 Å². The zero-order valence-corrected chi connectivity index (χ0v) is 40.4. The molecule has 70 heavy (non-hydrogen) atoms. The van der Waals surface area contributed by atoms with Gasteiger partial charge in [-0.25, -0.2) is 0 Å². The molecular formula is C53H59ClN12O4. The van der Waals surface area contributed by atoms with Crippen molar-refractivity contribution in [3.8, 4) is 34.3 Å². The van der Waals surface area contributed by atoms with Gasteiger partial charge in [-0.3, -0.25) is 23.9 Å². The Hall–Kier alpha value is -6.41. The highest BCUT2D eigenvalue weighted by molar-refractivity contribution is 6.31. The summed E-state index contributed by atoms with van der Waals surface area (Å²) >= 11 is 6.18. The van der Waals surface area contributed by atoms with Gasteiger partial charge in [0, 0.05) is 124 Å². The van der Waals surface area contributed by atoms with Crippen molar-refractivity contribution in [1.82, 2.24) is 49.9 Å². The topological polar surface area (TPSA) is 172 Å². The zero-order valence-electron chi connectivity index (χ0n) is 39.7. The number of likely N-dealkylation sites (tertiary alicyclic amines) is 1. The lowest BCUT2D eigenvalue weighted by Gasteiger charge is -2.42. The van der Waals surface area contributed by atoms with E-state index < -0.39 is 0 Å². The number of ether oxygens (including phenoxy) is 2. The molecule has 11 rings (SSSR count). The molecule has 2 amide bonds. The number of carbonyl (C=O) groups excluding carboxylic acids is 2. The lowest BCUT2D eigenvalue weighted by molar-refractivity contribution is -0.129. The van der Waals surface area contributed by atoms with Crippen molar-refractivity contribution >= 4 is 40.0 Å². The number of hydrogen-bond donors (Lipinski definition) is 1. The van der Waals surface area contributed by atoms with Crippen LogP contribution in [0.5, 0.6) is 5.75 Å². The van der Waals surface area contributed by atoms with E-state index in [1.54, 1.807) is 31.2 Å². The molecule has 2 aromatic carbocycles. The summed E-state index contributed by atoms with van der Waals surface area (Å²) in [4.78, 5) is 37.5. The quantitative estimate of drug-likeness (QED) is 0.141. The van der Waals surface area contributed by atoms with Crippen LogP contribution in [0.4, 0.5) is 5.82 Å². The summed E-state index contributed by atoms with van der Waals surface area (Å²) in [7, 11) is 0. The smallest absolute Gasteiger partial charge is 0.272 e. The summed E-state index contributed by atoms with van der Waals surface area (Å²) in [5.41, 5.74) is 7.05. The number of fused-ring (bicyclic) bond motifs is 2. The van der Waals surface area contributed by atoms with Gasteiger partial charge in [0.2, 0.25) is 5.91 Å². The number of piperidine rings is 2. The van der Waals surface area contributed by atoms with Crippen molar-refractivity contribution in [2.75, 3.05) is 50.8 Å². The second-order valence-electron chi connectivity index (χ2n) is 19.6. The number of amides is 2. The Morgan fingerprint density at radius 1 is 0.857 bits per heavy atom. The number of pyridine rings is 1. The Kier molecular flexibility index (Phi) is 13.2. The van der Waals surface area contributed by atoms with Crippen molar-refractivity contribution in [2.45, 2.75) is 114 Å². The molecule has 5 aliphatic rings. The summed E-state index contributed by atoms with van der Waals surface area (Å²) in [6.45, 7) is 8.28. The van der Waals surface area contributed by atoms with Gasteiger partial charge >= 0.3 is 0 Å². The number of anilines is 1. The maximum atomic E-state index is 13.1. The average molecular weight is 964 g/mol. The highest BCUT2D eigenvalue weighted by Crippen LogP contribution is 2.38. The molecule has 0 unspecified atom stereocenters. The Morgan fingerprint density at radius 3 is 2.40 bits per heavy atom. The SMILES string of the molecule is CC(=O)N1CCc2c(c(-c3cccc4cc(-c5cnn(C6CCN(C7CCN(c8ccc(C(=O)NC9CCC(Oc%10ccc(C#N)c(Cl)c%10)CC9)nn8)CC7)CC6)c5)ncc34)nn2C2CCOCC2)C1. The van der Waals surface area contributed by atoms with Crippen molar-refractivity contribution in [3.63, 3.8) is 0 Å². The fourth-order valence-corrected chi connectivity index (χ4v) is 11.6. The number of hydrogen-bond acceptors (Lipinski definition) is 12. The summed E-state index contributed by atoms with van der Waals surface area (Å²) in [5.74, 6) is 1.35. The number of nitrogens with zero attached hydrogens (tertiary/aromatic N) is 11. The molecule has 1 N–H and O–H groups in total. The van der Waals surface area contributed by atoms with Gasteiger partial charge in [-0.15, -0.1) is 10.2 Å². The van der Waals surface area contributed by atoms with Gasteiger partial charge in [-0.2, -0.15) is 15.5 Å². The number of nitrogens with one attached hydrogen (secondary N) is 1. The molecule has 6 aromatic rings. The molecule has 1 saturated carbocycles. The van der Waals surface area contributed by atoms with Crippen LogP contribution in [0.2, 0.25) is 5.02 Å². The molecule has 1 aliphatic carbocycles. The van der Waals surface area contributed by atoms with E-state index in [1.807, 2.05) is 23.4 Å². The fraction of sp³-hybridized carbons (Fsp3) is 0.472. The number of halogens is 1. The first-order valence-electron chi connectivity index (χ1n) is 25.1. The van der Waals surface area contributed by atoms with Crippen LogP contribution in [0.15, 0.2) is 73.2 Å². The number of carbonyl (C=O) groups is 2. The molecule has 0 atom stereocenters. The molecule has 17 heteroatoms. The summed E-state index contributed by atoms with van der Waals surface area (Å²) in [5, 5.41) is 33.8. The van der Waals surface area contributed by atoms with Gasteiger partial charge in [0.25, 0.3) is 5.91 Å². The maximum Gasteiger partial charge on any atom is 0.272 e. The van der Waals surface area contributed by atoms with Gasteiger partial charge < -0.3 is 29.5 Å². The van der Waals surface area contributed by atoms with Crippen molar-refractivity contribution in [2.24, 2.45) is 0 Å².